The van der Waals surface area contributed by atoms with Crippen LogP contribution in [0.5, 0.6) is 0 Å². The van der Waals surface area contributed by atoms with Gasteiger partial charge in [-0.3, -0.25) is 0 Å². The molecule has 0 aromatic carbocycles. The van der Waals surface area contributed by atoms with Crippen molar-refractivity contribution in [3.8, 4) is 0 Å². The smallest absolute Gasteiger partial charge is 0.187 e. The van der Waals surface area contributed by atoms with E-state index in [9.17, 15) is 86.8 Å². The maximum atomic E-state index is 12.9. The Balaban J connectivity index is 0.913. The van der Waals surface area contributed by atoms with Crippen molar-refractivity contribution in [1.82, 2.24) is 0 Å². The molecule has 4 aliphatic carbocycles. The average Bonchev–Trinajstić information content (AvgIpc) is 1.29. The normalized spacial score (nSPS) is 52.9. The van der Waals surface area contributed by atoms with Crippen molar-refractivity contribution >= 4 is 0 Å². The standard InChI is InChI=1S/C59H100O27/c1-24(2)10-9-14-59(8,86-53-46(75)42(71)39(68)31(82-53)23-78-51-47(76)48(40(69)30(21-62)79-51)84-50-44(73)36(65)27(64)22-77-50)25-11-16-58(7)35(25)26(63)18-33-56(5)15-13-34(55(3,4)32(56)12-17-57(33,58)6)83-54-49(43(72)38(67)29(20-61)81-54)85-52-45(74)41(70)37(66)28(19-60)80-52/h10,25-54,60-76H,9,11-23H2,1-8H3/t25-,26+,27+,28+,29+,30+,31+,32+,33+,34+,35-,36-,37+,38+,39+,40+,41-,42-,43-,44+,45+,46+,47+,48-,49+,50+,51-,52-,53-,54-,56+,57+,58+,59-/m0/s1. The van der Waals surface area contributed by atoms with Gasteiger partial charge in [0.1, 0.15) is 116 Å². The van der Waals surface area contributed by atoms with E-state index in [1.165, 1.54) is 0 Å². The van der Waals surface area contributed by atoms with Crippen molar-refractivity contribution in [3.05, 3.63) is 11.6 Å². The van der Waals surface area contributed by atoms with Gasteiger partial charge in [-0.2, -0.15) is 0 Å². The summed E-state index contributed by atoms with van der Waals surface area (Å²) in [7, 11) is 0. The first-order valence-electron chi connectivity index (χ1n) is 30.8. The summed E-state index contributed by atoms with van der Waals surface area (Å²) in [4.78, 5) is 0. The molecule has 0 aromatic rings. The van der Waals surface area contributed by atoms with E-state index in [1.807, 2.05) is 20.8 Å². The molecule has 5 saturated heterocycles. The number of allylic oxidation sites excluding steroid dienone is 2. The third-order valence-electron chi connectivity index (χ3n) is 22.6. The Labute approximate surface area is 501 Å². The topological polar surface area (TPSA) is 436 Å². The van der Waals surface area contributed by atoms with Crippen LogP contribution in [0.1, 0.15) is 113 Å². The van der Waals surface area contributed by atoms with Crippen molar-refractivity contribution < 1.29 is 134 Å². The predicted octanol–water partition coefficient (Wildman–Crippen LogP) is -3.74. The van der Waals surface area contributed by atoms with Crippen LogP contribution in [0.25, 0.3) is 0 Å². The lowest BCUT2D eigenvalue weighted by Crippen LogP contribution is -2.68. The van der Waals surface area contributed by atoms with Crippen LogP contribution in [0.4, 0.5) is 0 Å². The molecule has 0 aromatic heterocycles. The van der Waals surface area contributed by atoms with Gasteiger partial charge in [0.25, 0.3) is 0 Å². The molecule has 4 saturated carbocycles. The van der Waals surface area contributed by atoms with E-state index >= 15 is 0 Å². The molecule has 0 spiro atoms. The van der Waals surface area contributed by atoms with Gasteiger partial charge in [-0.05, 0) is 124 Å². The fourth-order valence-electron chi connectivity index (χ4n) is 17.5. The van der Waals surface area contributed by atoms with Crippen LogP contribution in [0.2, 0.25) is 0 Å². The highest BCUT2D eigenvalue weighted by atomic mass is 16.8. The second-order valence-corrected chi connectivity index (χ2v) is 28.1. The number of rotatable bonds is 18. The third kappa shape index (κ3) is 12.3. The zero-order chi connectivity index (χ0) is 63.1. The van der Waals surface area contributed by atoms with Gasteiger partial charge < -0.3 is 134 Å². The fraction of sp³-hybridized carbons (Fsp3) is 0.966. The molecule has 0 radical (unpaired) electrons. The molecule has 9 aliphatic rings. The molecule has 9 rings (SSSR count). The summed E-state index contributed by atoms with van der Waals surface area (Å²) < 4.78 is 60.5. The van der Waals surface area contributed by atoms with Gasteiger partial charge in [0.15, 0.2) is 31.5 Å². The monoisotopic (exact) mass is 1240 g/mol. The van der Waals surface area contributed by atoms with E-state index in [4.69, 9.17) is 47.4 Å². The average molecular weight is 1240 g/mol. The van der Waals surface area contributed by atoms with Gasteiger partial charge in [0.05, 0.1) is 50.8 Å². The number of hydrogen-bond donors (Lipinski definition) is 17. The minimum atomic E-state index is -1.84. The molecule has 86 heavy (non-hydrogen) atoms. The SMILES string of the molecule is CC(C)=CCC[C@](C)(O[C@@H]1O[C@H](CO[C@H]2O[C@H](CO)[C@@H](O)[C@H](O[C@H]3OC[C@@H](O)[C@H](O)[C@H]3O)[C@H]2O)[C@@H](O)[C@H](O)[C@H]1O)[C@H]1CC[C@]2(C)[C@@H]1[C@H](O)C[C@@H]1[C@]3(C)CC[C@@H](O[C@@H]4O[C@H](CO)[C@@H](O)[C@H](O)[C@H]4O[C@@H]4O[C@H](CO)[C@@H](O)[C@H](O)[C@H]4O)C(C)(C)[C@H]3CC[C@]12C. The summed E-state index contributed by atoms with van der Waals surface area (Å²) in [5, 5.41) is 185. The van der Waals surface area contributed by atoms with Gasteiger partial charge >= 0.3 is 0 Å². The molecular formula is C59H100O27. The van der Waals surface area contributed by atoms with E-state index in [0.29, 0.717) is 38.5 Å². The molecule has 498 valence electrons. The maximum absolute atomic E-state index is 12.9. The minimum Gasteiger partial charge on any atom is -0.394 e. The summed E-state index contributed by atoms with van der Waals surface area (Å²) in [6, 6.07) is 0. The second-order valence-electron chi connectivity index (χ2n) is 28.1. The molecule has 0 bridgehead atoms. The van der Waals surface area contributed by atoms with E-state index < -0.39 is 209 Å². The number of ether oxygens (including phenoxy) is 10. The quantitative estimate of drug-likeness (QED) is 0.0463. The van der Waals surface area contributed by atoms with Crippen molar-refractivity contribution in [3.63, 3.8) is 0 Å². The molecular weight excluding hydrogens is 1140 g/mol. The van der Waals surface area contributed by atoms with Crippen LogP contribution in [0.3, 0.4) is 0 Å². The Kier molecular flexibility index (Phi) is 21.3. The van der Waals surface area contributed by atoms with Crippen molar-refractivity contribution in [1.29, 1.82) is 0 Å². The third-order valence-corrected chi connectivity index (χ3v) is 22.6. The summed E-state index contributed by atoms with van der Waals surface area (Å²) in [6.45, 7) is 13.8. The largest absolute Gasteiger partial charge is 0.394 e. The molecule has 27 heteroatoms. The van der Waals surface area contributed by atoms with Gasteiger partial charge in [-0.1, -0.05) is 46.3 Å². The number of aliphatic hydroxyl groups is 17. The van der Waals surface area contributed by atoms with Crippen molar-refractivity contribution in [2.75, 3.05) is 33.0 Å². The lowest BCUT2D eigenvalue weighted by atomic mass is 9.35. The fourth-order valence-corrected chi connectivity index (χ4v) is 17.5. The Morgan fingerprint density at radius 1 is 0.512 bits per heavy atom. The summed E-state index contributed by atoms with van der Waals surface area (Å²) in [5.74, 6) is -0.628. The Hall–Kier alpha value is -1.34. The first-order valence-corrected chi connectivity index (χ1v) is 30.8. The second kappa shape index (κ2) is 26.6. The highest BCUT2D eigenvalue weighted by Gasteiger charge is 2.72. The molecule has 27 nitrogen and oxygen atoms in total. The molecule has 34 atom stereocenters. The Bertz CT molecular complexity index is 2260. The highest BCUT2D eigenvalue weighted by Crippen LogP contribution is 2.76. The lowest BCUT2D eigenvalue weighted by Gasteiger charge is -2.71. The molecule has 0 unspecified atom stereocenters. The highest BCUT2D eigenvalue weighted by molar-refractivity contribution is 5.21. The Morgan fingerprint density at radius 3 is 1.70 bits per heavy atom. The van der Waals surface area contributed by atoms with E-state index in [-0.39, 0.29) is 34.5 Å². The first-order chi connectivity index (χ1) is 40.3. The van der Waals surface area contributed by atoms with E-state index in [0.717, 1.165) is 24.8 Å². The van der Waals surface area contributed by atoms with Crippen LogP contribution in [0, 0.1) is 45.3 Å². The zero-order valence-corrected chi connectivity index (χ0v) is 50.5. The number of aliphatic hydroxyl groups excluding tert-OH is 17. The maximum Gasteiger partial charge on any atom is 0.187 e. The van der Waals surface area contributed by atoms with Crippen LogP contribution < -0.4 is 0 Å². The van der Waals surface area contributed by atoms with Crippen molar-refractivity contribution in [2.45, 2.75) is 278 Å². The van der Waals surface area contributed by atoms with Crippen LogP contribution in [0.15, 0.2) is 11.6 Å². The molecule has 0 amide bonds. The zero-order valence-electron chi connectivity index (χ0n) is 50.5. The first kappa shape index (κ1) is 69.0. The van der Waals surface area contributed by atoms with Gasteiger partial charge in [0, 0.05) is 0 Å². The van der Waals surface area contributed by atoms with Gasteiger partial charge in [-0.15, -0.1) is 0 Å². The van der Waals surface area contributed by atoms with Crippen molar-refractivity contribution in [2.24, 2.45) is 45.3 Å². The number of hydrogen-bond acceptors (Lipinski definition) is 27. The van der Waals surface area contributed by atoms with E-state index in [1.54, 1.807) is 0 Å². The molecule has 17 N–H and O–H groups in total. The summed E-state index contributed by atoms with van der Waals surface area (Å²) >= 11 is 0. The van der Waals surface area contributed by atoms with Crippen LogP contribution in [-0.2, 0) is 47.4 Å². The number of fused-ring (bicyclic) bond motifs is 5. The van der Waals surface area contributed by atoms with Gasteiger partial charge in [0.2, 0.25) is 0 Å². The van der Waals surface area contributed by atoms with Crippen LogP contribution in [-0.4, -0.2) is 285 Å². The van der Waals surface area contributed by atoms with E-state index in [2.05, 4.69) is 40.7 Å². The summed E-state index contributed by atoms with van der Waals surface area (Å²) in [5.41, 5.74) is -1.82. The molecule has 5 aliphatic heterocycles. The van der Waals surface area contributed by atoms with Crippen LogP contribution >= 0.6 is 0 Å². The Morgan fingerprint density at radius 2 is 1.06 bits per heavy atom. The summed E-state index contributed by atoms with van der Waals surface area (Å²) in [6.07, 6.45) is -33.0. The molecule has 5 heterocycles. The molecule has 9 fully saturated rings. The van der Waals surface area contributed by atoms with Gasteiger partial charge in [-0.25, -0.2) is 0 Å². The lowest BCUT2D eigenvalue weighted by molar-refractivity contribution is -0.378. The predicted molar refractivity (Wildman–Crippen MR) is 293 cm³/mol. The minimum absolute atomic E-state index is 0.00480.